The van der Waals surface area contributed by atoms with E-state index in [-0.39, 0.29) is 12.5 Å². The fourth-order valence-electron chi connectivity index (χ4n) is 3.11. The van der Waals surface area contributed by atoms with E-state index in [0.29, 0.717) is 16.9 Å². The highest BCUT2D eigenvalue weighted by molar-refractivity contribution is 6.07. The van der Waals surface area contributed by atoms with Gasteiger partial charge in [0, 0.05) is 17.3 Å². The Bertz CT molecular complexity index is 1120. The van der Waals surface area contributed by atoms with Crippen LogP contribution in [0.2, 0.25) is 0 Å². The predicted molar refractivity (Wildman–Crippen MR) is 125 cm³/mol. The summed E-state index contributed by atoms with van der Waals surface area (Å²) in [4.78, 5) is 29.3. The average molecular weight is 434 g/mol. The van der Waals surface area contributed by atoms with Crippen LogP contribution >= 0.6 is 0 Å². The highest BCUT2D eigenvalue weighted by Crippen LogP contribution is 2.25. The lowest BCUT2D eigenvalue weighted by Crippen LogP contribution is -2.27. The number of aryl methyl sites for hydroxylation is 1. The van der Waals surface area contributed by atoms with Crippen molar-refractivity contribution in [3.8, 4) is 11.3 Å². The first-order chi connectivity index (χ1) is 15.2. The van der Waals surface area contributed by atoms with Crippen molar-refractivity contribution in [1.29, 1.82) is 0 Å². The highest BCUT2D eigenvalue weighted by atomic mass is 16.6. The van der Waals surface area contributed by atoms with Gasteiger partial charge in [0.05, 0.1) is 23.7 Å². The summed E-state index contributed by atoms with van der Waals surface area (Å²) in [5, 5.41) is 14.7. The van der Waals surface area contributed by atoms with Gasteiger partial charge in [-0.05, 0) is 63.1 Å². The molecule has 0 fully saturated rings. The Hall–Kier alpha value is -3.71. The monoisotopic (exact) mass is 433 g/mol. The minimum absolute atomic E-state index is 0.0580. The lowest BCUT2D eigenvalue weighted by Gasteiger charge is -2.20. The Balaban J connectivity index is 1.74. The Morgan fingerprint density at radius 1 is 1.00 bits per heavy atom. The van der Waals surface area contributed by atoms with Gasteiger partial charge in [0.2, 0.25) is 0 Å². The van der Waals surface area contributed by atoms with Crippen LogP contribution in [0.3, 0.4) is 0 Å². The van der Waals surface area contributed by atoms with Crippen LogP contribution in [0.1, 0.15) is 42.3 Å². The molecule has 0 saturated heterocycles. The van der Waals surface area contributed by atoms with Gasteiger partial charge < -0.3 is 15.2 Å². The van der Waals surface area contributed by atoms with Gasteiger partial charge in [-0.3, -0.25) is 15.1 Å². The standard InChI is InChI=1S/C25H27N3O4/c1-16-13-17(15-29)14-26-22(16)18-9-11-19(12-10-18)23(30)27-20-7-5-6-8-21(20)28-24(31)32-25(2,3)4/h5-14,29H,15H2,1-4H3,(H,27,30)(H,28,31). The van der Waals surface area contributed by atoms with Crippen molar-refractivity contribution in [3.63, 3.8) is 0 Å². The Morgan fingerprint density at radius 3 is 2.19 bits per heavy atom. The smallest absolute Gasteiger partial charge is 0.412 e. The summed E-state index contributed by atoms with van der Waals surface area (Å²) in [6.45, 7) is 7.21. The Labute approximate surface area is 187 Å². The van der Waals surface area contributed by atoms with E-state index in [4.69, 9.17) is 4.74 Å². The Morgan fingerprint density at radius 2 is 1.62 bits per heavy atom. The van der Waals surface area contributed by atoms with Crippen molar-refractivity contribution in [2.45, 2.75) is 39.9 Å². The molecule has 0 saturated carbocycles. The third-order valence-corrected chi connectivity index (χ3v) is 4.55. The minimum atomic E-state index is -0.629. The van der Waals surface area contributed by atoms with Crippen molar-refractivity contribution in [2.24, 2.45) is 0 Å². The average Bonchev–Trinajstić information content (AvgIpc) is 2.74. The molecule has 2 aromatic carbocycles. The zero-order valence-corrected chi connectivity index (χ0v) is 18.6. The Kier molecular flexibility index (Phi) is 6.90. The second-order valence-electron chi connectivity index (χ2n) is 8.37. The number of nitrogens with one attached hydrogen (secondary N) is 2. The molecule has 3 aromatic rings. The second-order valence-corrected chi connectivity index (χ2v) is 8.37. The molecule has 1 aromatic heterocycles. The van der Waals surface area contributed by atoms with Crippen molar-refractivity contribution >= 4 is 23.4 Å². The number of para-hydroxylation sites is 2. The summed E-state index contributed by atoms with van der Waals surface area (Å²) in [5.74, 6) is -0.310. The van der Waals surface area contributed by atoms with E-state index in [1.807, 2.05) is 25.1 Å². The summed E-state index contributed by atoms with van der Waals surface area (Å²) in [6, 6.07) is 15.9. The van der Waals surface area contributed by atoms with Crippen LogP contribution in [0, 0.1) is 6.92 Å². The number of aliphatic hydroxyl groups is 1. The quantitative estimate of drug-likeness (QED) is 0.517. The maximum Gasteiger partial charge on any atom is 0.412 e. The number of hydrogen-bond acceptors (Lipinski definition) is 5. The third-order valence-electron chi connectivity index (χ3n) is 4.55. The maximum absolute atomic E-state index is 12.8. The third kappa shape index (κ3) is 5.92. The van der Waals surface area contributed by atoms with Crippen molar-refractivity contribution in [1.82, 2.24) is 4.98 Å². The summed E-state index contributed by atoms with van der Waals surface area (Å²) in [6.07, 6.45) is 1.04. The molecule has 32 heavy (non-hydrogen) atoms. The van der Waals surface area contributed by atoms with Crippen LogP contribution in [0.25, 0.3) is 11.3 Å². The minimum Gasteiger partial charge on any atom is -0.444 e. The lowest BCUT2D eigenvalue weighted by atomic mass is 10.0. The number of pyridine rings is 1. The number of ether oxygens (including phenoxy) is 1. The van der Waals surface area contributed by atoms with E-state index < -0.39 is 11.7 Å². The van der Waals surface area contributed by atoms with Gasteiger partial charge >= 0.3 is 6.09 Å². The molecule has 7 nitrogen and oxygen atoms in total. The number of carbonyl (C=O) groups is 2. The molecule has 1 heterocycles. The first-order valence-electron chi connectivity index (χ1n) is 10.2. The van der Waals surface area contributed by atoms with E-state index >= 15 is 0 Å². The molecule has 7 heteroatoms. The summed E-state index contributed by atoms with van der Waals surface area (Å²) < 4.78 is 5.28. The molecule has 0 spiro atoms. The SMILES string of the molecule is Cc1cc(CO)cnc1-c1ccc(C(=O)Nc2ccccc2NC(=O)OC(C)(C)C)cc1. The number of rotatable bonds is 5. The fraction of sp³-hybridized carbons (Fsp3) is 0.240. The van der Waals surface area contributed by atoms with Gasteiger partial charge in [0.1, 0.15) is 5.60 Å². The fourth-order valence-corrected chi connectivity index (χ4v) is 3.11. The number of aromatic nitrogens is 1. The first-order valence-corrected chi connectivity index (χ1v) is 10.2. The van der Waals surface area contributed by atoms with Gasteiger partial charge in [-0.1, -0.05) is 30.3 Å². The zero-order valence-electron chi connectivity index (χ0n) is 18.6. The molecule has 3 rings (SSSR count). The number of carbonyl (C=O) groups excluding carboxylic acids is 2. The lowest BCUT2D eigenvalue weighted by molar-refractivity contribution is 0.0635. The molecule has 2 amide bonds. The number of hydrogen-bond donors (Lipinski definition) is 3. The van der Waals surface area contributed by atoms with Gasteiger partial charge in [-0.15, -0.1) is 0 Å². The molecule has 0 radical (unpaired) electrons. The second kappa shape index (κ2) is 9.62. The van der Waals surface area contributed by atoms with Crippen LogP contribution in [0.4, 0.5) is 16.2 Å². The molecule has 3 N–H and O–H groups in total. The summed E-state index contributed by atoms with van der Waals surface area (Å²) in [7, 11) is 0. The van der Waals surface area contributed by atoms with Crippen molar-refractivity contribution < 1.29 is 19.4 Å². The molecule has 0 aliphatic heterocycles. The zero-order chi connectivity index (χ0) is 23.3. The van der Waals surface area contributed by atoms with E-state index in [1.54, 1.807) is 63.4 Å². The summed E-state index contributed by atoms with van der Waals surface area (Å²) in [5.41, 5.74) is 4.09. The number of anilines is 2. The molecule has 0 aliphatic rings. The van der Waals surface area contributed by atoms with E-state index in [1.165, 1.54) is 0 Å². The molecule has 166 valence electrons. The molecular weight excluding hydrogens is 406 g/mol. The van der Waals surface area contributed by atoms with E-state index in [0.717, 1.165) is 22.4 Å². The molecule has 0 atom stereocenters. The van der Waals surface area contributed by atoms with Gasteiger partial charge in [-0.2, -0.15) is 0 Å². The van der Waals surface area contributed by atoms with Gasteiger partial charge in [0.15, 0.2) is 0 Å². The molecule has 0 unspecified atom stereocenters. The van der Waals surface area contributed by atoms with Crippen molar-refractivity contribution in [3.05, 3.63) is 77.5 Å². The molecular formula is C25H27N3O4. The number of amides is 2. The summed E-state index contributed by atoms with van der Waals surface area (Å²) >= 11 is 0. The first kappa shape index (κ1) is 23.0. The van der Waals surface area contributed by atoms with Crippen LogP contribution in [-0.2, 0) is 11.3 Å². The van der Waals surface area contributed by atoms with Gasteiger partial charge in [-0.25, -0.2) is 4.79 Å². The highest BCUT2D eigenvalue weighted by Gasteiger charge is 2.18. The number of nitrogens with zero attached hydrogens (tertiary/aromatic N) is 1. The van der Waals surface area contributed by atoms with Crippen LogP contribution < -0.4 is 10.6 Å². The predicted octanol–water partition coefficient (Wildman–Crippen LogP) is 5.15. The van der Waals surface area contributed by atoms with E-state index in [2.05, 4.69) is 15.6 Å². The van der Waals surface area contributed by atoms with Crippen molar-refractivity contribution in [2.75, 3.05) is 10.6 Å². The molecule has 0 bridgehead atoms. The molecule has 0 aliphatic carbocycles. The van der Waals surface area contributed by atoms with Gasteiger partial charge in [0.25, 0.3) is 5.91 Å². The normalized spacial score (nSPS) is 11.0. The number of benzene rings is 2. The van der Waals surface area contributed by atoms with Crippen LogP contribution in [-0.4, -0.2) is 27.7 Å². The topological polar surface area (TPSA) is 101 Å². The maximum atomic E-state index is 12.8. The van der Waals surface area contributed by atoms with Crippen LogP contribution in [0.5, 0.6) is 0 Å². The van der Waals surface area contributed by atoms with E-state index in [9.17, 15) is 14.7 Å². The van der Waals surface area contributed by atoms with Crippen LogP contribution in [0.15, 0.2) is 60.8 Å². The number of aliphatic hydroxyl groups excluding tert-OH is 1. The largest absolute Gasteiger partial charge is 0.444 e.